The van der Waals surface area contributed by atoms with Crippen LogP contribution in [0.4, 0.5) is 4.79 Å². The average molecular weight is 299 g/mol. The lowest BCUT2D eigenvalue weighted by Gasteiger charge is -2.09. The molecular formula is C17H21N3O2. The fraction of sp³-hybridized carbons (Fsp3) is 0.294. The molecule has 1 aromatic carbocycles. The molecule has 0 saturated carbocycles. The van der Waals surface area contributed by atoms with E-state index < -0.39 is 0 Å². The highest BCUT2D eigenvalue weighted by molar-refractivity contribution is 5.73. The minimum Gasteiger partial charge on any atom is -0.492 e. The van der Waals surface area contributed by atoms with Gasteiger partial charge in [0.25, 0.3) is 0 Å². The third kappa shape index (κ3) is 5.83. The molecule has 0 radical (unpaired) electrons. The number of nitrogens with one attached hydrogen (secondary N) is 2. The van der Waals surface area contributed by atoms with Crippen LogP contribution in [-0.2, 0) is 6.42 Å². The predicted octanol–water partition coefficient (Wildman–Crippen LogP) is 2.31. The maximum Gasteiger partial charge on any atom is 0.314 e. The zero-order valence-corrected chi connectivity index (χ0v) is 12.7. The Bertz CT molecular complexity index is 587. The van der Waals surface area contributed by atoms with E-state index in [0.29, 0.717) is 19.7 Å². The maximum absolute atomic E-state index is 11.6. The van der Waals surface area contributed by atoms with E-state index in [9.17, 15) is 4.79 Å². The normalized spacial score (nSPS) is 10.0. The molecular weight excluding hydrogens is 278 g/mol. The second kappa shape index (κ2) is 8.67. The molecule has 5 heteroatoms. The zero-order valence-electron chi connectivity index (χ0n) is 12.7. The number of aryl methyl sites for hydroxylation is 1. The van der Waals surface area contributed by atoms with Crippen molar-refractivity contribution >= 4 is 6.03 Å². The Balaban J connectivity index is 1.56. The summed E-state index contributed by atoms with van der Waals surface area (Å²) < 4.78 is 5.56. The van der Waals surface area contributed by atoms with Gasteiger partial charge in [-0.25, -0.2) is 4.79 Å². The third-order valence-electron chi connectivity index (χ3n) is 3.07. The first-order valence-corrected chi connectivity index (χ1v) is 7.34. The molecule has 0 unspecified atom stereocenters. The average Bonchev–Trinajstić information content (AvgIpc) is 2.53. The van der Waals surface area contributed by atoms with Gasteiger partial charge in [0, 0.05) is 18.9 Å². The molecule has 116 valence electrons. The summed E-state index contributed by atoms with van der Waals surface area (Å²) in [5, 5.41) is 5.57. The number of ether oxygens (including phenoxy) is 1. The van der Waals surface area contributed by atoms with Crippen molar-refractivity contribution in [1.82, 2.24) is 15.6 Å². The number of hydrogen-bond donors (Lipinski definition) is 2. The summed E-state index contributed by atoms with van der Waals surface area (Å²) in [6.45, 7) is 3.50. The van der Waals surface area contributed by atoms with Crippen LogP contribution < -0.4 is 15.4 Å². The lowest BCUT2D eigenvalue weighted by molar-refractivity contribution is 0.236. The number of urea groups is 1. The molecule has 1 heterocycles. The Hall–Kier alpha value is -2.56. The molecule has 0 bridgehead atoms. The standard InChI is InChI=1S/C17H21N3O2/c1-14-4-2-6-16(12-14)22-11-10-20-17(21)19-9-7-15-5-3-8-18-13-15/h2-6,8,12-13H,7,9-11H2,1H3,(H2,19,20,21). The van der Waals surface area contributed by atoms with E-state index in [2.05, 4.69) is 15.6 Å². The summed E-state index contributed by atoms with van der Waals surface area (Å²) in [6.07, 6.45) is 4.30. The minimum absolute atomic E-state index is 0.184. The van der Waals surface area contributed by atoms with Crippen LogP contribution in [0, 0.1) is 6.92 Å². The van der Waals surface area contributed by atoms with Crippen LogP contribution in [-0.4, -0.2) is 30.7 Å². The SMILES string of the molecule is Cc1cccc(OCCNC(=O)NCCc2cccnc2)c1. The molecule has 22 heavy (non-hydrogen) atoms. The highest BCUT2D eigenvalue weighted by atomic mass is 16.5. The summed E-state index contributed by atoms with van der Waals surface area (Å²) >= 11 is 0. The Morgan fingerprint density at radius 2 is 2.05 bits per heavy atom. The maximum atomic E-state index is 11.6. The first kappa shape index (κ1) is 15.8. The summed E-state index contributed by atoms with van der Waals surface area (Å²) in [6, 6.07) is 11.5. The van der Waals surface area contributed by atoms with Crippen molar-refractivity contribution in [3.63, 3.8) is 0 Å². The number of amides is 2. The molecule has 0 fully saturated rings. The summed E-state index contributed by atoms with van der Waals surface area (Å²) in [7, 11) is 0. The Morgan fingerprint density at radius 1 is 1.18 bits per heavy atom. The Kier molecular flexibility index (Phi) is 6.23. The topological polar surface area (TPSA) is 63.2 Å². The number of aromatic nitrogens is 1. The van der Waals surface area contributed by atoms with Crippen molar-refractivity contribution in [3.8, 4) is 5.75 Å². The molecule has 2 aromatic rings. The van der Waals surface area contributed by atoms with Gasteiger partial charge in [-0.3, -0.25) is 4.98 Å². The molecule has 0 saturated heterocycles. The molecule has 0 aliphatic heterocycles. The van der Waals surface area contributed by atoms with E-state index in [1.54, 1.807) is 12.4 Å². The van der Waals surface area contributed by atoms with E-state index in [1.807, 2.05) is 43.3 Å². The van der Waals surface area contributed by atoms with Gasteiger partial charge in [-0.15, -0.1) is 0 Å². The number of hydrogen-bond acceptors (Lipinski definition) is 3. The van der Waals surface area contributed by atoms with Gasteiger partial charge in [-0.1, -0.05) is 18.2 Å². The van der Waals surface area contributed by atoms with Gasteiger partial charge < -0.3 is 15.4 Å². The number of carbonyl (C=O) groups excluding carboxylic acids is 1. The van der Waals surface area contributed by atoms with Crippen LogP contribution >= 0.6 is 0 Å². The largest absolute Gasteiger partial charge is 0.492 e. The van der Waals surface area contributed by atoms with Crippen LogP contribution in [0.15, 0.2) is 48.8 Å². The van der Waals surface area contributed by atoms with Gasteiger partial charge >= 0.3 is 6.03 Å². The minimum atomic E-state index is -0.184. The van der Waals surface area contributed by atoms with Crippen molar-refractivity contribution in [2.45, 2.75) is 13.3 Å². The summed E-state index contributed by atoms with van der Waals surface area (Å²) in [4.78, 5) is 15.6. The fourth-order valence-electron chi connectivity index (χ4n) is 1.97. The number of rotatable bonds is 7. The number of benzene rings is 1. The zero-order chi connectivity index (χ0) is 15.6. The van der Waals surface area contributed by atoms with E-state index in [1.165, 1.54) is 0 Å². The van der Waals surface area contributed by atoms with Crippen LogP contribution in [0.25, 0.3) is 0 Å². The van der Waals surface area contributed by atoms with Gasteiger partial charge in [0.15, 0.2) is 0 Å². The molecule has 2 rings (SSSR count). The van der Waals surface area contributed by atoms with Gasteiger partial charge in [0.2, 0.25) is 0 Å². The van der Waals surface area contributed by atoms with E-state index in [0.717, 1.165) is 23.3 Å². The molecule has 2 amide bonds. The predicted molar refractivity (Wildman–Crippen MR) is 86.0 cm³/mol. The first-order chi connectivity index (χ1) is 10.7. The molecule has 0 aliphatic carbocycles. The number of nitrogens with zero attached hydrogens (tertiary/aromatic N) is 1. The molecule has 1 aromatic heterocycles. The quantitative estimate of drug-likeness (QED) is 0.771. The molecule has 0 spiro atoms. The fourth-order valence-corrected chi connectivity index (χ4v) is 1.97. The second-order valence-corrected chi connectivity index (χ2v) is 4.96. The van der Waals surface area contributed by atoms with Gasteiger partial charge in [0.1, 0.15) is 12.4 Å². The lowest BCUT2D eigenvalue weighted by Crippen LogP contribution is -2.38. The Labute approximate surface area is 130 Å². The van der Waals surface area contributed by atoms with Crippen LogP contribution in [0.3, 0.4) is 0 Å². The van der Waals surface area contributed by atoms with Crippen molar-refractivity contribution in [2.24, 2.45) is 0 Å². The molecule has 5 nitrogen and oxygen atoms in total. The van der Waals surface area contributed by atoms with Crippen LogP contribution in [0.5, 0.6) is 5.75 Å². The molecule has 2 N–H and O–H groups in total. The van der Waals surface area contributed by atoms with E-state index in [-0.39, 0.29) is 6.03 Å². The van der Waals surface area contributed by atoms with E-state index >= 15 is 0 Å². The van der Waals surface area contributed by atoms with Crippen LogP contribution in [0.1, 0.15) is 11.1 Å². The van der Waals surface area contributed by atoms with E-state index in [4.69, 9.17) is 4.74 Å². The monoisotopic (exact) mass is 299 g/mol. The number of pyridine rings is 1. The van der Waals surface area contributed by atoms with Crippen molar-refractivity contribution in [2.75, 3.05) is 19.7 Å². The third-order valence-corrected chi connectivity index (χ3v) is 3.07. The second-order valence-electron chi connectivity index (χ2n) is 4.96. The highest BCUT2D eigenvalue weighted by Gasteiger charge is 2.00. The smallest absolute Gasteiger partial charge is 0.314 e. The Morgan fingerprint density at radius 3 is 2.82 bits per heavy atom. The first-order valence-electron chi connectivity index (χ1n) is 7.34. The van der Waals surface area contributed by atoms with Crippen LogP contribution in [0.2, 0.25) is 0 Å². The lowest BCUT2D eigenvalue weighted by atomic mass is 10.2. The van der Waals surface area contributed by atoms with Crippen molar-refractivity contribution in [1.29, 1.82) is 0 Å². The molecule has 0 aliphatic rings. The molecule has 0 atom stereocenters. The summed E-state index contributed by atoms with van der Waals surface area (Å²) in [5.74, 6) is 0.818. The number of carbonyl (C=O) groups is 1. The van der Waals surface area contributed by atoms with Gasteiger partial charge in [0.05, 0.1) is 6.54 Å². The van der Waals surface area contributed by atoms with Gasteiger partial charge in [-0.05, 0) is 42.7 Å². The summed E-state index contributed by atoms with van der Waals surface area (Å²) in [5.41, 5.74) is 2.25. The van der Waals surface area contributed by atoms with Gasteiger partial charge in [-0.2, -0.15) is 0 Å². The van der Waals surface area contributed by atoms with Crippen molar-refractivity contribution in [3.05, 3.63) is 59.9 Å². The van der Waals surface area contributed by atoms with Crippen molar-refractivity contribution < 1.29 is 9.53 Å². The highest BCUT2D eigenvalue weighted by Crippen LogP contribution is 2.11.